The van der Waals surface area contributed by atoms with Crippen LogP contribution in [0.1, 0.15) is 41.0 Å². The van der Waals surface area contributed by atoms with Gasteiger partial charge in [0.1, 0.15) is 0 Å². The van der Waals surface area contributed by atoms with Crippen molar-refractivity contribution in [1.82, 2.24) is 5.32 Å². The molecule has 19 heavy (non-hydrogen) atoms. The van der Waals surface area contributed by atoms with Gasteiger partial charge in [-0.2, -0.15) is 0 Å². The summed E-state index contributed by atoms with van der Waals surface area (Å²) < 4.78 is 0. The van der Waals surface area contributed by atoms with Crippen LogP contribution in [0.3, 0.4) is 0 Å². The molecule has 0 radical (unpaired) electrons. The van der Waals surface area contributed by atoms with Crippen molar-refractivity contribution in [2.45, 2.75) is 26.3 Å². The minimum absolute atomic E-state index is 0.145. The lowest BCUT2D eigenvalue weighted by atomic mass is 10.1. The quantitative estimate of drug-likeness (QED) is 0.624. The van der Waals surface area contributed by atoms with Gasteiger partial charge in [-0.1, -0.05) is 6.92 Å². The van der Waals surface area contributed by atoms with E-state index in [-0.39, 0.29) is 22.9 Å². The lowest BCUT2D eigenvalue weighted by Crippen LogP contribution is -2.33. The molecule has 1 amide bonds. The Labute approximate surface area is 109 Å². The molecule has 1 aromatic rings. The minimum Gasteiger partial charge on any atom is -0.478 e. The molecule has 0 fully saturated rings. The third-order valence-corrected chi connectivity index (χ3v) is 2.68. The molecule has 7 heteroatoms. The molecule has 0 saturated carbocycles. The summed E-state index contributed by atoms with van der Waals surface area (Å²) in [5.74, 6) is -1.93. The predicted octanol–water partition coefficient (Wildman–Crippen LogP) is 1.82. The monoisotopic (exact) mass is 266 g/mol. The molecule has 102 valence electrons. The van der Waals surface area contributed by atoms with Gasteiger partial charge in [0.05, 0.1) is 16.1 Å². The van der Waals surface area contributed by atoms with Crippen molar-refractivity contribution in [1.29, 1.82) is 0 Å². The number of nitrogens with zero attached hydrogens (tertiary/aromatic N) is 1. The zero-order chi connectivity index (χ0) is 14.6. The van der Waals surface area contributed by atoms with E-state index in [1.54, 1.807) is 6.92 Å². The zero-order valence-electron chi connectivity index (χ0n) is 10.5. The smallest absolute Gasteiger partial charge is 0.336 e. The SMILES string of the molecule is CCC(C)NC(=O)c1cc([N+](=O)[O-])ccc1C(=O)O. The Morgan fingerprint density at radius 1 is 1.42 bits per heavy atom. The molecule has 1 unspecified atom stereocenters. The van der Waals surface area contributed by atoms with Crippen molar-refractivity contribution in [2.75, 3.05) is 0 Å². The van der Waals surface area contributed by atoms with Crippen molar-refractivity contribution in [2.24, 2.45) is 0 Å². The molecular formula is C12H14N2O5. The van der Waals surface area contributed by atoms with Crippen molar-refractivity contribution in [3.8, 4) is 0 Å². The van der Waals surface area contributed by atoms with Crippen LogP contribution < -0.4 is 5.32 Å². The maximum absolute atomic E-state index is 11.9. The number of carbonyl (C=O) groups excluding carboxylic acids is 1. The second kappa shape index (κ2) is 5.94. The Kier molecular flexibility index (Phi) is 4.57. The molecule has 2 N–H and O–H groups in total. The fraction of sp³-hybridized carbons (Fsp3) is 0.333. The Balaban J connectivity index is 3.21. The molecule has 0 aliphatic rings. The van der Waals surface area contributed by atoms with Crippen LogP contribution in [0.5, 0.6) is 0 Å². The standard InChI is InChI=1S/C12H14N2O5/c1-3-7(2)13-11(15)10-6-8(14(18)19)4-5-9(10)12(16)17/h4-7H,3H2,1-2H3,(H,13,15)(H,16,17). The van der Waals surface area contributed by atoms with Gasteiger partial charge < -0.3 is 10.4 Å². The Bertz CT molecular complexity index is 527. The summed E-state index contributed by atoms with van der Waals surface area (Å²) in [4.78, 5) is 32.9. The number of aromatic carboxylic acids is 1. The molecule has 0 bridgehead atoms. The van der Waals surface area contributed by atoms with Crippen LogP contribution in [-0.2, 0) is 0 Å². The molecule has 0 saturated heterocycles. The highest BCUT2D eigenvalue weighted by Crippen LogP contribution is 2.18. The van der Waals surface area contributed by atoms with Crippen LogP contribution >= 0.6 is 0 Å². The average molecular weight is 266 g/mol. The van der Waals surface area contributed by atoms with Gasteiger partial charge in [0, 0.05) is 18.2 Å². The summed E-state index contributed by atoms with van der Waals surface area (Å²) >= 11 is 0. The van der Waals surface area contributed by atoms with E-state index in [2.05, 4.69) is 5.32 Å². The van der Waals surface area contributed by atoms with Crippen LogP contribution in [0, 0.1) is 10.1 Å². The molecule has 0 spiro atoms. The van der Waals surface area contributed by atoms with Crippen LogP contribution in [0.4, 0.5) is 5.69 Å². The maximum atomic E-state index is 11.9. The number of benzene rings is 1. The second-order valence-electron chi connectivity index (χ2n) is 4.07. The largest absolute Gasteiger partial charge is 0.478 e. The molecule has 0 aliphatic carbocycles. The Hall–Kier alpha value is -2.44. The summed E-state index contributed by atoms with van der Waals surface area (Å²) in [6.45, 7) is 3.62. The highest BCUT2D eigenvalue weighted by atomic mass is 16.6. The van der Waals surface area contributed by atoms with Crippen molar-refractivity contribution in [3.63, 3.8) is 0 Å². The summed E-state index contributed by atoms with van der Waals surface area (Å²) in [6, 6.07) is 2.95. The number of rotatable bonds is 5. The molecule has 0 aliphatic heterocycles. The number of carboxylic acid groups (broad SMARTS) is 1. The van der Waals surface area contributed by atoms with Gasteiger partial charge in [-0.3, -0.25) is 14.9 Å². The first-order valence-electron chi connectivity index (χ1n) is 5.69. The average Bonchev–Trinajstić information content (AvgIpc) is 2.37. The first-order valence-corrected chi connectivity index (χ1v) is 5.69. The molecule has 0 aromatic heterocycles. The van der Waals surface area contributed by atoms with Crippen LogP contribution in [0.15, 0.2) is 18.2 Å². The minimum atomic E-state index is -1.30. The van der Waals surface area contributed by atoms with Crippen LogP contribution in [-0.4, -0.2) is 27.9 Å². The van der Waals surface area contributed by atoms with Gasteiger partial charge in [-0.25, -0.2) is 4.79 Å². The summed E-state index contributed by atoms with van der Waals surface area (Å²) in [5, 5.41) is 22.2. The van der Waals surface area contributed by atoms with E-state index < -0.39 is 16.8 Å². The molecule has 0 heterocycles. The predicted molar refractivity (Wildman–Crippen MR) is 67.3 cm³/mol. The van der Waals surface area contributed by atoms with E-state index in [9.17, 15) is 19.7 Å². The topological polar surface area (TPSA) is 110 Å². The van der Waals surface area contributed by atoms with E-state index in [4.69, 9.17) is 5.11 Å². The number of carboxylic acids is 1. The van der Waals surface area contributed by atoms with Gasteiger partial charge in [0.15, 0.2) is 0 Å². The van der Waals surface area contributed by atoms with Crippen molar-refractivity contribution < 1.29 is 19.6 Å². The van der Waals surface area contributed by atoms with E-state index in [0.29, 0.717) is 6.42 Å². The summed E-state index contributed by atoms with van der Waals surface area (Å²) in [7, 11) is 0. The van der Waals surface area contributed by atoms with Crippen LogP contribution in [0.2, 0.25) is 0 Å². The van der Waals surface area contributed by atoms with E-state index in [0.717, 1.165) is 18.2 Å². The first kappa shape index (κ1) is 14.6. The summed E-state index contributed by atoms with van der Waals surface area (Å²) in [6.07, 6.45) is 0.670. The third-order valence-electron chi connectivity index (χ3n) is 2.68. The maximum Gasteiger partial charge on any atom is 0.336 e. The molecule has 7 nitrogen and oxygen atoms in total. The lowest BCUT2D eigenvalue weighted by Gasteiger charge is -2.12. The number of carbonyl (C=O) groups is 2. The van der Waals surface area contributed by atoms with Gasteiger partial charge in [0.2, 0.25) is 0 Å². The Morgan fingerprint density at radius 2 is 2.05 bits per heavy atom. The third kappa shape index (κ3) is 3.51. The molecule has 1 rings (SSSR count). The van der Waals surface area contributed by atoms with E-state index in [1.807, 2.05) is 6.92 Å². The number of nitro benzene ring substituents is 1. The highest BCUT2D eigenvalue weighted by Gasteiger charge is 2.21. The fourth-order valence-corrected chi connectivity index (χ4v) is 1.42. The van der Waals surface area contributed by atoms with Crippen molar-refractivity contribution in [3.05, 3.63) is 39.4 Å². The first-order chi connectivity index (χ1) is 8.86. The highest BCUT2D eigenvalue weighted by molar-refractivity contribution is 6.05. The number of nitro groups is 1. The van der Waals surface area contributed by atoms with E-state index in [1.165, 1.54) is 0 Å². The number of hydrogen-bond donors (Lipinski definition) is 2. The Morgan fingerprint density at radius 3 is 2.53 bits per heavy atom. The van der Waals surface area contributed by atoms with Crippen molar-refractivity contribution >= 4 is 17.6 Å². The molecular weight excluding hydrogens is 252 g/mol. The second-order valence-corrected chi connectivity index (χ2v) is 4.07. The normalized spacial score (nSPS) is 11.7. The van der Waals surface area contributed by atoms with Gasteiger partial charge >= 0.3 is 5.97 Å². The number of nitrogens with one attached hydrogen (secondary N) is 1. The van der Waals surface area contributed by atoms with E-state index >= 15 is 0 Å². The number of amides is 1. The molecule has 1 atom stereocenters. The lowest BCUT2D eigenvalue weighted by molar-refractivity contribution is -0.384. The molecule has 1 aromatic carbocycles. The number of hydrogen-bond acceptors (Lipinski definition) is 4. The fourth-order valence-electron chi connectivity index (χ4n) is 1.42. The van der Waals surface area contributed by atoms with Crippen LogP contribution in [0.25, 0.3) is 0 Å². The van der Waals surface area contributed by atoms with Gasteiger partial charge in [-0.05, 0) is 19.4 Å². The number of non-ortho nitro benzene ring substituents is 1. The zero-order valence-corrected chi connectivity index (χ0v) is 10.5. The van der Waals surface area contributed by atoms with Gasteiger partial charge in [0.25, 0.3) is 11.6 Å². The van der Waals surface area contributed by atoms with Gasteiger partial charge in [-0.15, -0.1) is 0 Å². The summed E-state index contributed by atoms with van der Waals surface area (Å²) in [5.41, 5.74) is -0.785.